The number of carbonyl (C=O) groups is 1. The molecule has 2 aromatic rings. The number of sulfonamides is 1. The number of benzene rings is 1. The van der Waals surface area contributed by atoms with Crippen LogP contribution in [0.4, 0.5) is 0 Å². The second kappa shape index (κ2) is 6.37. The van der Waals surface area contributed by atoms with Gasteiger partial charge in [-0.2, -0.15) is 4.31 Å². The number of methoxy groups -OCH3 is 1. The molecule has 1 atom stereocenters. The highest BCUT2D eigenvalue weighted by Gasteiger charge is 2.39. The van der Waals surface area contributed by atoms with Crippen LogP contribution in [0.15, 0.2) is 36.7 Å². The number of rotatable bonds is 4. The Morgan fingerprint density at radius 1 is 1.33 bits per heavy atom. The van der Waals surface area contributed by atoms with Crippen molar-refractivity contribution in [3.63, 3.8) is 0 Å². The number of nitrogens with zero attached hydrogens (tertiary/aromatic N) is 3. The largest absolute Gasteiger partial charge is 0.468 e. The van der Waals surface area contributed by atoms with Crippen molar-refractivity contribution < 1.29 is 17.9 Å². The average Bonchev–Trinajstić information content (AvgIpc) is 2.95. The third-order valence-electron chi connectivity index (χ3n) is 4.17. The molecule has 0 amide bonds. The fraction of sp³-hybridized carbons (Fsp3) is 0.375. The molecule has 0 saturated heterocycles. The minimum absolute atomic E-state index is 0.112. The van der Waals surface area contributed by atoms with Crippen molar-refractivity contribution in [1.82, 2.24) is 13.9 Å². The summed E-state index contributed by atoms with van der Waals surface area (Å²) in [6.45, 7) is 0.713. The third-order valence-corrected chi connectivity index (χ3v) is 5.40. The van der Waals surface area contributed by atoms with Crippen LogP contribution < -0.4 is 0 Å². The predicted octanol–water partition coefficient (Wildman–Crippen LogP) is 0.791. The molecule has 8 heteroatoms. The van der Waals surface area contributed by atoms with Crippen LogP contribution in [0.1, 0.15) is 17.0 Å². The Balaban J connectivity index is 1.94. The van der Waals surface area contributed by atoms with Gasteiger partial charge in [0.1, 0.15) is 6.04 Å². The Bertz CT molecular complexity index is 845. The van der Waals surface area contributed by atoms with Crippen molar-refractivity contribution >= 4 is 16.0 Å². The minimum Gasteiger partial charge on any atom is -0.468 e. The highest BCUT2D eigenvalue weighted by molar-refractivity contribution is 7.88. The SMILES string of the molecule is COC(=O)[C@@H]1Cc2ncn(Cc3ccccc3)c2CN1S(C)(=O)=O. The maximum Gasteiger partial charge on any atom is 0.324 e. The first-order valence-corrected chi connectivity index (χ1v) is 9.36. The van der Waals surface area contributed by atoms with E-state index in [0.29, 0.717) is 6.54 Å². The molecule has 1 aliphatic rings. The summed E-state index contributed by atoms with van der Waals surface area (Å²) in [5.41, 5.74) is 2.64. The third kappa shape index (κ3) is 3.20. The number of esters is 1. The quantitative estimate of drug-likeness (QED) is 0.763. The van der Waals surface area contributed by atoms with Crippen molar-refractivity contribution in [2.45, 2.75) is 25.6 Å². The van der Waals surface area contributed by atoms with Crippen LogP contribution in [-0.2, 0) is 39.1 Å². The van der Waals surface area contributed by atoms with Crippen molar-refractivity contribution in [1.29, 1.82) is 0 Å². The lowest BCUT2D eigenvalue weighted by Crippen LogP contribution is -2.49. The number of hydrogen-bond donors (Lipinski definition) is 0. The lowest BCUT2D eigenvalue weighted by molar-refractivity contribution is -0.145. The van der Waals surface area contributed by atoms with Gasteiger partial charge in [-0.05, 0) is 5.56 Å². The molecular weight excluding hydrogens is 330 g/mol. The maximum absolute atomic E-state index is 12.1. The molecule has 7 nitrogen and oxygen atoms in total. The summed E-state index contributed by atoms with van der Waals surface area (Å²) in [7, 11) is -2.29. The number of aromatic nitrogens is 2. The van der Waals surface area contributed by atoms with Crippen LogP contribution in [-0.4, -0.2) is 47.7 Å². The van der Waals surface area contributed by atoms with E-state index in [4.69, 9.17) is 4.74 Å². The number of imidazole rings is 1. The Morgan fingerprint density at radius 3 is 2.67 bits per heavy atom. The summed E-state index contributed by atoms with van der Waals surface area (Å²) in [5.74, 6) is -0.566. The van der Waals surface area contributed by atoms with E-state index in [2.05, 4.69) is 4.98 Å². The predicted molar refractivity (Wildman–Crippen MR) is 87.7 cm³/mol. The van der Waals surface area contributed by atoms with Crippen LogP contribution in [0, 0.1) is 0 Å². The van der Waals surface area contributed by atoms with Gasteiger partial charge in [0.25, 0.3) is 0 Å². The van der Waals surface area contributed by atoms with Gasteiger partial charge in [-0.1, -0.05) is 30.3 Å². The molecule has 0 bridgehead atoms. The average molecular weight is 349 g/mol. The van der Waals surface area contributed by atoms with Gasteiger partial charge in [-0.15, -0.1) is 0 Å². The zero-order valence-electron chi connectivity index (χ0n) is 13.5. The van der Waals surface area contributed by atoms with E-state index in [1.165, 1.54) is 11.4 Å². The van der Waals surface area contributed by atoms with Crippen LogP contribution in [0.5, 0.6) is 0 Å². The first-order chi connectivity index (χ1) is 11.4. The summed E-state index contributed by atoms with van der Waals surface area (Å²) in [4.78, 5) is 16.3. The number of ether oxygens (including phenoxy) is 1. The molecule has 0 unspecified atom stereocenters. The first kappa shape index (κ1) is 16.7. The van der Waals surface area contributed by atoms with E-state index in [-0.39, 0.29) is 13.0 Å². The molecule has 3 rings (SSSR count). The minimum atomic E-state index is -3.55. The molecule has 0 saturated carbocycles. The van der Waals surface area contributed by atoms with Gasteiger partial charge in [-0.3, -0.25) is 4.79 Å². The van der Waals surface area contributed by atoms with E-state index < -0.39 is 22.0 Å². The van der Waals surface area contributed by atoms with Crippen LogP contribution >= 0.6 is 0 Å². The van der Waals surface area contributed by atoms with E-state index >= 15 is 0 Å². The second-order valence-corrected chi connectivity index (χ2v) is 7.74. The molecule has 0 fully saturated rings. The topological polar surface area (TPSA) is 81.5 Å². The summed E-state index contributed by atoms with van der Waals surface area (Å²) < 4.78 is 32.1. The monoisotopic (exact) mass is 349 g/mol. The van der Waals surface area contributed by atoms with Crippen molar-refractivity contribution in [3.05, 3.63) is 53.6 Å². The Kier molecular flexibility index (Phi) is 4.42. The lowest BCUT2D eigenvalue weighted by Gasteiger charge is -2.31. The van der Waals surface area contributed by atoms with Gasteiger partial charge < -0.3 is 9.30 Å². The van der Waals surface area contributed by atoms with Gasteiger partial charge in [0.15, 0.2) is 0 Å². The molecule has 1 aliphatic heterocycles. The van der Waals surface area contributed by atoms with Crippen LogP contribution in [0.2, 0.25) is 0 Å². The molecule has 1 aromatic carbocycles. The Hall–Kier alpha value is -2.19. The smallest absolute Gasteiger partial charge is 0.324 e. The lowest BCUT2D eigenvalue weighted by atomic mass is 10.1. The molecule has 0 aliphatic carbocycles. The summed E-state index contributed by atoms with van der Waals surface area (Å²) in [6, 6.07) is 8.99. The number of carbonyl (C=O) groups excluding carboxylic acids is 1. The van der Waals surface area contributed by atoms with Crippen LogP contribution in [0.25, 0.3) is 0 Å². The van der Waals surface area contributed by atoms with Crippen LogP contribution in [0.3, 0.4) is 0 Å². The summed E-state index contributed by atoms with van der Waals surface area (Å²) in [6.07, 6.45) is 3.01. The van der Waals surface area contributed by atoms with Gasteiger partial charge in [0, 0.05) is 13.0 Å². The zero-order valence-corrected chi connectivity index (χ0v) is 14.4. The molecule has 0 N–H and O–H groups in total. The molecule has 24 heavy (non-hydrogen) atoms. The fourth-order valence-corrected chi connectivity index (χ4v) is 3.93. The van der Waals surface area contributed by atoms with Gasteiger partial charge in [-0.25, -0.2) is 13.4 Å². The number of fused-ring (bicyclic) bond motifs is 1. The fourth-order valence-electron chi connectivity index (χ4n) is 2.95. The van der Waals surface area contributed by atoms with Gasteiger partial charge in [0.2, 0.25) is 10.0 Å². The summed E-state index contributed by atoms with van der Waals surface area (Å²) >= 11 is 0. The van der Waals surface area contributed by atoms with Crippen molar-refractivity contribution in [2.24, 2.45) is 0 Å². The van der Waals surface area contributed by atoms with Crippen molar-refractivity contribution in [2.75, 3.05) is 13.4 Å². The van der Waals surface area contributed by atoms with E-state index in [1.54, 1.807) is 6.33 Å². The summed E-state index contributed by atoms with van der Waals surface area (Å²) in [5, 5.41) is 0. The van der Waals surface area contributed by atoms with E-state index in [0.717, 1.165) is 23.2 Å². The van der Waals surface area contributed by atoms with Gasteiger partial charge >= 0.3 is 5.97 Å². The normalized spacial score (nSPS) is 18.2. The Labute approximate surface area is 140 Å². The molecular formula is C16H19N3O4S. The first-order valence-electron chi connectivity index (χ1n) is 7.51. The molecule has 0 spiro atoms. The number of hydrogen-bond acceptors (Lipinski definition) is 5. The van der Waals surface area contributed by atoms with E-state index in [1.807, 2.05) is 34.9 Å². The van der Waals surface area contributed by atoms with Crippen molar-refractivity contribution in [3.8, 4) is 0 Å². The highest BCUT2D eigenvalue weighted by Crippen LogP contribution is 2.26. The highest BCUT2D eigenvalue weighted by atomic mass is 32.2. The second-order valence-electron chi connectivity index (χ2n) is 5.80. The van der Waals surface area contributed by atoms with Gasteiger partial charge in [0.05, 0.1) is 37.6 Å². The zero-order chi connectivity index (χ0) is 17.3. The maximum atomic E-state index is 12.1. The standard InChI is InChI=1S/C16H19N3O4S/c1-23-16(20)14-8-13-15(10-19(14)24(2,21)22)18(11-17-13)9-12-6-4-3-5-7-12/h3-7,11,14H,8-10H2,1-2H3/t14-/m0/s1. The molecule has 2 heterocycles. The molecule has 128 valence electrons. The Morgan fingerprint density at radius 2 is 2.04 bits per heavy atom. The molecule has 1 aromatic heterocycles. The van der Waals surface area contributed by atoms with E-state index in [9.17, 15) is 13.2 Å². The molecule has 0 radical (unpaired) electrons.